The number of amides is 1. The van der Waals surface area contributed by atoms with Gasteiger partial charge in [-0.15, -0.1) is 0 Å². The van der Waals surface area contributed by atoms with Crippen LogP contribution in [0.15, 0.2) is 70.2 Å². The molecule has 3 heterocycles. The molecule has 0 spiro atoms. The van der Waals surface area contributed by atoms with E-state index in [1.54, 1.807) is 48.5 Å². The van der Waals surface area contributed by atoms with Crippen LogP contribution in [-0.4, -0.2) is 33.5 Å². The molecule has 3 aliphatic rings. The molecule has 3 N–H and O–H groups in total. The van der Waals surface area contributed by atoms with Crippen molar-refractivity contribution in [1.29, 1.82) is 0 Å². The van der Waals surface area contributed by atoms with Gasteiger partial charge >= 0.3 is 0 Å². The summed E-state index contributed by atoms with van der Waals surface area (Å²) in [6.07, 6.45) is 6.03. The van der Waals surface area contributed by atoms with Crippen LogP contribution in [0, 0.1) is 0 Å². The zero-order valence-corrected chi connectivity index (χ0v) is 21.0. The van der Waals surface area contributed by atoms with E-state index >= 15 is 0 Å². The van der Waals surface area contributed by atoms with Gasteiger partial charge in [-0.25, -0.2) is 0 Å². The summed E-state index contributed by atoms with van der Waals surface area (Å²) in [4.78, 5) is 41.7. The predicted octanol–water partition coefficient (Wildman–Crippen LogP) is 3.25. The Kier molecular flexibility index (Phi) is 5.87. The largest absolute Gasteiger partial charge is 0.507 e. The number of aromatic hydroxyl groups is 1. The fourth-order valence-corrected chi connectivity index (χ4v) is 5.55. The summed E-state index contributed by atoms with van der Waals surface area (Å²) >= 11 is 0. The molecule has 0 unspecified atom stereocenters. The zero-order chi connectivity index (χ0) is 26.4. The number of fused-ring (bicyclic) bond motifs is 1. The number of hydrogen-bond acceptors (Lipinski definition) is 5. The first-order valence-corrected chi connectivity index (χ1v) is 12.9. The molecule has 0 bridgehead atoms. The number of carbonyl (C=O) groups excluding carboxylic acids is 2. The van der Waals surface area contributed by atoms with Gasteiger partial charge in [0, 0.05) is 30.5 Å². The van der Waals surface area contributed by atoms with E-state index in [1.165, 1.54) is 10.5 Å². The summed E-state index contributed by atoms with van der Waals surface area (Å²) in [7, 11) is 0. The molecule has 0 saturated carbocycles. The minimum absolute atomic E-state index is 0.0682. The quantitative estimate of drug-likeness (QED) is 0.501. The van der Waals surface area contributed by atoms with Crippen molar-refractivity contribution in [2.75, 3.05) is 11.4 Å². The van der Waals surface area contributed by atoms with Crippen LogP contribution in [0.1, 0.15) is 54.9 Å². The number of ether oxygens (including phenoxy) is 1. The van der Waals surface area contributed by atoms with E-state index < -0.39 is 17.2 Å². The van der Waals surface area contributed by atoms with Crippen molar-refractivity contribution in [2.45, 2.75) is 39.0 Å². The molecular weight excluding hydrogens is 482 g/mol. The molecule has 0 atom stereocenters. The smallest absolute Gasteiger partial charge is 0.271 e. The maximum atomic E-state index is 13.5. The SMILES string of the molecule is CCN1C(=O)/C(=c2/[nH][nH]c(=O)/c2=C\C2=C(c3ccccc3O)OC3=C(CCCC3)C2)C(=O)c2ccccc21. The number of nitrogens with one attached hydrogen (secondary N) is 2. The highest BCUT2D eigenvalue weighted by molar-refractivity contribution is 6.51. The molecule has 6 rings (SSSR count). The highest BCUT2D eigenvalue weighted by Gasteiger charge is 2.35. The number of ketones is 1. The number of Topliss-reactive ketones (excluding diaryl/α,β-unsaturated/α-hetero) is 1. The Morgan fingerprint density at radius 1 is 0.974 bits per heavy atom. The van der Waals surface area contributed by atoms with Crippen molar-refractivity contribution < 1.29 is 19.4 Å². The second kappa shape index (κ2) is 9.37. The van der Waals surface area contributed by atoms with Gasteiger partial charge in [0.15, 0.2) is 0 Å². The van der Waals surface area contributed by atoms with Crippen LogP contribution >= 0.6 is 0 Å². The number of allylic oxidation sites excluding steroid dienone is 3. The Balaban J connectivity index is 1.61. The normalized spacial score (nSPS) is 19.5. The second-order valence-corrected chi connectivity index (χ2v) is 9.67. The summed E-state index contributed by atoms with van der Waals surface area (Å²) in [6, 6.07) is 13.9. The standard InChI is InChI=1S/C30H27N3O5/c1-2-33-22-12-6-4-10-19(22)27(35)25(30(33)37)26-21(29(36)32-31-26)16-18-15-17-9-3-8-14-24(17)38-28(18)20-11-5-7-13-23(20)34/h4-7,10-13,16,31,34H,2-3,8-9,14-15H2,1H3,(H,32,36)/b21-16-,26-25+. The van der Waals surface area contributed by atoms with E-state index in [9.17, 15) is 19.5 Å². The van der Waals surface area contributed by atoms with Crippen molar-refractivity contribution >= 4 is 34.8 Å². The molecule has 2 aromatic carbocycles. The summed E-state index contributed by atoms with van der Waals surface area (Å²) in [6.45, 7) is 2.21. The van der Waals surface area contributed by atoms with E-state index in [2.05, 4.69) is 10.2 Å². The van der Waals surface area contributed by atoms with E-state index in [0.717, 1.165) is 31.4 Å². The van der Waals surface area contributed by atoms with Gasteiger partial charge in [-0.3, -0.25) is 24.6 Å². The first-order valence-electron chi connectivity index (χ1n) is 12.9. The molecule has 2 aliphatic heterocycles. The maximum Gasteiger partial charge on any atom is 0.271 e. The van der Waals surface area contributed by atoms with Crippen LogP contribution in [0.5, 0.6) is 5.75 Å². The van der Waals surface area contributed by atoms with E-state index in [1.807, 2.05) is 13.0 Å². The van der Waals surface area contributed by atoms with Gasteiger partial charge in [0.1, 0.15) is 22.8 Å². The lowest BCUT2D eigenvalue weighted by Gasteiger charge is -2.29. The Morgan fingerprint density at radius 2 is 1.71 bits per heavy atom. The number of benzene rings is 2. The first-order chi connectivity index (χ1) is 18.5. The van der Waals surface area contributed by atoms with E-state index in [0.29, 0.717) is 41.1 Å². The van der Waals surface area contributed by atoms with E-state index in [4.69, 9.17) is 4.74 Å². The van der Waals surface area contributed by atoms with Crippen LogP contribution in [0.25, 0.3) is 17.4 Å². The zero-order valence-electron chi connectivity index (χ0n) is 21.0. The number of aromatic nitrogens is 2. The predicted molar refractivity (Wildman–Crippen MR) is 144 cm³/mol. The van der Waals surface area contributed by atoms with Crippen molar-refractivity contribution in [3.63, 3.8) is 0 Å². The number of para-hydroxylation sites is 2. The average molecular weight is 510 g/mol. The van der Waals surface area contributed by atoms with E-state index in [-0.39, 0.29) is 21.9 Å². The third-order valence-electron chi connectivity index (χ3n) is 7.42. The lowest BCUT2D eigenvalue weighted by Crippen LogP contribution is -2.45. The summed E-state index contributed by atoms with van der Waals surface area (Å²) in [5.41, 5.74) is 2.80. The topological polar surface area (TPSA) is 115 Å². The van der Waals surface area contributed by atoms with Gasteiger partial charge in [0.05, 0.1) is 21.8 Å². The number of anilines is 1. The van der Waals surface area contributed by atoms with Crippen LogP contribution in [-0.2, 0) is 9.53 Å². The molecule has 8 heteroatoms. The van der Waals surface area contributed by atoms with Crippen molar-refractivity contribution in [3.05, 3.63) is 97.5 Å². The minimum Gasteiger partial charge on any atom is -0.507 e. The maximum absolute atomic E-state index is 13.5. The molecule has 192 valence electrons. The second-order valence-electron chi connectivity index (χ2n) is 9.67. The third-order valence-corrected chi connectivity index (χ3v) is 7.42. The molecule has 1 aromatic heterocycles. The molecule has 1 amide bonds. The van der Waals surface area contributed by atoms with Crippen molar-refractivity contribution in [1.82, 2.24) is 10.2 Å². The summed E-state index contributed by atoms with van der Waals surface area (Å²) < 4.78 is 6.36. The third kappa shape index (κ3) is 3.80. The average Bonchev–Trinajstić information content (AvgIpc) is 3.28. The molecule has 3 aromatic rings. The van der Waals surface area contributed by atoms with Gasteiger partial charge in [-0.2, -0.15) is 0 Å². The monoisotopic (exact) mass is 509 g/mol. The number of rotatable bonds is 3. The van der Waals surface area contributed by atoms with Gasteiger partial charge < -0.3 is 14.7 Å². The molecule has 38 heavy (non-hydrogen) atoms. The van der Waals surface area contributed by atoms with Crippen molar-refractivity contribution in [2.24, 2.45) is 0 Å². The molecular formula is C30H27N3O5. The molecule has 8 nitrogen and oxygen atoms in total. The van der Waals surface area contributed by atoms with Gasteiger partial charge in [-0.05, 0) is 62.1 Å². The van der Waals surface area contributed by atoms with Gasteiger partial charge in [-0.1, -0.05) is 24.3 Å². The molecule has 0 fully saturated rings. The number of phenolic OH excluding ortho intramolecular Hbond substituents is 1. The summed E-state index contributed by atoms with van der Waals surface area (Å²) in [5, 5.41) is 16.3. The van der Waals surface area contributed by atoms with Crippen LogP contribution in [0.4, 0.5) is 5.69 Å². The Hall–Kier alpha value is -4.59. The Labute approximate surface area is 218 Å². The van der Waals surface area contributed by atoms with Gasteiger partial charge in [0.25, 0.3) is 11.5 Å². The number of aromatic amines is 2. The fourth-order valence-electron chi connectivity index (χ4n) is 5.55. The van der Waals surface area contributed by atoms with Crippen LogP contribution in [0.2, 0.25) is 0 Å². The number of carbonyl (C=O) groups is 2. The molecule has 1 aliphatic carbocycles. The number of phenols is 1. The highest BCUT2D eigenvalue weighted by Crippen LogP contribution is 2.42. The first kappa shape index (κ1) is 23.8. The fraction of sp³-hybridized carbons (Fsp3) is 0.233. The van der Waals surface area contributed by atoms with Crippen molar-refractivity contribution in [3.8, 4) is 5.75 Å². The summed E-state index contributed by atoms with van der Waals surface area (Å²) in [5.74, 6) is 0.554. The molecule has 0 saturated heterocycles. The Bertz CT molecular complexity index is 1740. The van der Waals surface area contributed by atoms with Crippen LogP contribution < -0.4 is 21.0 Å². The molecule has 0 radical (unpaired) electrons. The number of nitrogens with zero attached hydrogens (tertiary/aromatic N) is 1. The number of H-pyrrole nitrogens is 2. The lowest BCUT2D eigenvalue weighted by atomic mass is 9.88. The minimum atomic E-state index is -0.465. The van der Waals surface area contributed by atoms with Gasteiger partial charge in [0.2, 0.25) is 5.78 Å². The highest BCUT2D eigenvalue weighted by atomic mass is 16.5. The lowest BCUT2D eigenvalue weighted by molar-refractivity contribution is -0.113. The number of hydrogen-bond donors (Lipinski definition) is 3. The van der Waals surface area contributed by atoms with Crippen LogP contribution in [0.3, 0.4) is 0 Å². The Morgan fingerprint density at radius 3 is 2.50 bits per heavy atom.